The van der Waals surface area contributed by atoms with Crippen LogP contribution in [0.25, 0.3) is 0 Å². The fourth-order valence-corrected chi connectivity index (χ4v) is 3.81. The molecule has 0 aliphatic carbocycles. The van der Waals surface area contributed by atoms with Gasteiger partial charge in [-0.15, -0.1) is 0 Å². The predicted molar refractivity (Wildman–Crippen MR) is 113 cm³/mol. The van der Waals surface area contributed by atoms with Crippen LogP contribution in [-0.2, 0) is 22.6 Å². The lowest BCUT2D eigenvalue weighted by molar-refractivity contribution is -0.123. The Morgan fingerprint density at radius 2 is 1.68 bits per heavy atom. The first-order chi connectivity index (χ1) is 13.7. The molecule has 4 nitrogen and oxygen atoms in total. The van der Waals surface area contributed by atoms with Crippen LogP contribution in [0.4, 0.5) is 0 Å². The molecule has 4 heteroatoms. The van der Waals surface area contributed by atoms with Gasteiger partial charge in [-0.25, -0.2) is 0 Å². The summed E-state index contributed by atoms with van der Waals surface area (Å²) in [5.41, 5.74) is 3.57. The third kappa shape index (κ3) is 5.43. The number of hydrogen-bond acceptors (Lipinski definition) is 3. The third-order valence-electron chi connectivity index (χ3n) is 5.72. The summed E-state index contributed by atoms with van der Waals surface area (Å²) in [7, 11) is 0. The van der Waals surface area contributed by atoms with Gasteiger partial charge in [0.1, 0.15) is 0 Å². The van der Waals surface area contributed by atoms with E-state index in [9.17, 15) is 4.79 Å². The van der Waals surface area contributed by atoms with Crippen molar-refractivity contribution < 1.29 is 9.53 Å². The van der Waals surface area contributed by atoms with Crippen LogP contribution in [0.2, 0.25) is 0 Å². The van der Waals surface area contributed by atoms with Crippen molar-refractivity contribution in [3.8, 4) is 0 Å². The molecule has 1 amide bonds. The molecule has 0 aromatic heterocycles. The average Bonchev–Trinajstić information content (AvgIpc) is 2.74. The summed E-state index contributed by atoms with van der Waals surface area (Å²) in [5, 5.41) is 3.21. The van der Waals surface area contributed by atoms with Crippen molar-refractivity contribution in [3.63, 3.8) is 0 Å². The van der Waals surface area contributed by atoms with Crippen LogP contribution < -0.4 is 5.32 Å². The molecule has 150 valence electrons. The van der Waals surface area contributed by atoms with E-state index < -0.39 is 0 Å². The van der Waals surface area contributed by atoms with Crippen molar-refractivity contribution in [2.45, 2.75) is 39.3 Å². The Labute approximate surface area is 168 Å². The molecule has 1 aliphatic rings. The van der Waals surface area contributed by atoms with Crippen LogP contribution in [0.3, 0.4) is 0 Å². The highest BCUT2D eigenvalue weighted by atomic mass is 16.5. The quantitative estimate of drug-likeness (QED) is 0.754. The maximum Gasteiger partial charge on any atom is 0.228 e. The molecule has 0 saturated carbocycles. The molecule has 1 N–H and O–H groups in total. The molecule has 1 fully saturated rings. The number of amides is 1. The summed E-state index contributed by atoms with van der Waals surface area (Å²) in [4.78, 5) is 15.5. The molecule has 1 saturated heterocycles. The average molecular weight is 381 g/mol. The summed E-state index contributed by atoms with van der Waals surface area (Å²) in [5.74, 6) is 0.297. The zero-order valence-corrected chi connectivity index (χ0v) is 17.1. The second kappa shape index (κ2) is 10.4. The van der Waals surface area contributed by atoms with Crippen molar-refractivity contribution >= 4 is 5.91 Å². The van der Waals surface area contributed by atoms with Gasteiger partial charge in [-0.05, 0) is 22.6 Å². The molecular formula is C24H32N2O2. The highest BCUT2D eigenvalue weighted by Crippen LogP contribution is 2.27. The molecule has 2 aromatic rings. The molecule has 2 unspecified atom stereocenters. The summed E-state index contributed by atoms with van der Waals surface area (Å²) in [6, 6.07) is 18.5. The van der Waals surface area contributed by atoms with Gasteiger partial charge in [0.15, 0.2) is 0 Å². The third-order valence-corrected chi connectivity index (χ3v) is 5.72. The van der Waals surface area contributed by atoms with Gasteiger partial charge in [0.2, 0.25) is 5.91 Å². The molecule has 3 rings (SSSR count). The lowest BCUT2D eigenvalue weighted by Crippen LogP contribution is -2.36. The second-order valence-corrected chi connectivity index (χ2v) is 7.65. The molecule has 1 heterocycles. The van der Waals surface area contributed by atoms with E-state index >= 15 is 0 Å². The van der Waals surface area contributed by atoms with E-state index in [1.54, 1.807) is 0 Å². The van der Waals surface area contributed by atoms with Gasteiger partial charge in [-0.3, -0.25) is 9.69 Å². The molecule has 0 spiro atoms. The normalized spacial score (nSPS) is 17.1. The summed E-state index contributed by atoms with van der Waals surface area (Å²) in [6.45, 7) is 9.30. The van der Waals surface area contributed by atoms with E-state index in [-0.39, 0.29) is 11.8 Å². The van der Waals surface area contributed by atoms with Gasteiger partial charge >= 0.3 is 0 Å². The number of ether oxygens (including phenoxy) is 1. The summed E-state index contributed by atoms with van der Waals surface area (Å²) >= 11 is 0. The fourth-order valence-electron chi connectivity index (χ4n) is 3.81. The number of benzene rings is 2. The fraction of sp³-hybridized carbons (Fsp3) is 0.458. The predicted octanol–water partition coefficient (Wildman–Crippen LogP) is 3.96. The van der Waals surface area contributed by atoms with Crippen molar-refractivity contribution in [3.05, 3.63) is 71.3 Å². The Kier molecular flexibility index (Phi) is 7.63. The molecule has 1 aliphatic heterocycles. The lowest BCUT2D eigenvalue weighted by atomic mass is 9.85. The van der Waals surface area contributed by atoms with Gasteiger partial charge in [-0.2, -0.15) is 0 Å². The number of hydrogen-bond donors (Lipinski definition) is 1. The second-order valence-electron chi connectivity index (χ2n) is 7.65. The van der Waals surface area contributed by atoms with E-state index in [0.29, 0.717) is 12.5 Å². The van der Waals surface area contributed by atoms with Crippen LogP contribution in [0.1, 0.15) is 42.9 Å². The molecule has 2 atom stereocenters. The topological polar surface area (TPSA) is 41.6 Å². The van der Waals surface area contributed by atoms with Crippen molar-refractivity contribution in [1.29, 1.82) is 0 Å². The number of nitrogens with one attached hydrogen (secondary N) is 1. The van der Waals surface area contributed by atoms with Crippen LogP contribution in [-0.4, -0.2) is 37.1 Å². The number of rotatable bonds is 8. The van der Waals surface area contributed by atoms with Crippen molar-refractivity contribution in [1.82, 2.24) is 10.2 Å². The van der Waals surface area contributed by atoms with Gasteiger partial charge in [0.05, 0.1) is 19.1 Å². The molecule has 0 bridgehead atoms. The molecular weight excluding hydrogens is 348 g/mol. The maximum atomic E-state index is 13.1. The van der Waals surface area contributed by atoms with Gasteiger partial charge in [0, 0.05) is 26.2 Å². The van der Waals surface area contributed by atoms with E-state index in [1.807, 2.05) is 24.3 Å². The van der Waals surface area contributed by atoms with E-state index in [2.05, 4.69) is 54.4 Å². The molecule has 28 heavy (non-hydrogen) atoms. The minimum absolute atomic E-state index is 0.113. The van der Waals surface area contributed by atoms with Crippen LogP contribution in [0.15, 0.2) is 54.6 Å². The Morgan fingerprint density at radius 3 is 2.36 bits per heavy atom. The summed E-state index contributed by atoms with van der Waals surface area (Å²) in [6.07, 6.45) is 0.973. The van der Waals surface area contributed by atoms with Crippen LogP contribution >= 0.6 is 0 Å². The van der Waals surface area contributed by atoms with Crippen LogP contribution in [0.5, 0.6) is 0 Å². The first-order valence-corrected chi connectivity index (χ1v) is 10.4. The van der Waals surface area contributed by atoms with Crippen molar-refractivity contribution in [2.75, 3.05) is 26.3 Å². The number of carbonyl (C=O) groups is 1. The minimum atomic E-state index is -0.113. The highest BCUT2D eigenvalue weighted by Gasteiger charge is 2.25. The van der Waals surface area contributed by atoms with E-state index in [1.165, 1.54) is 11.1 Å². The van der Waals surface area contributed by atoms with E-state index in [0.717, 1.165) is 44.8 Å². The number of morpholine rings is 1. The number of carbonyl (C=O) groups excluding carboxylic acids is 1. The summed E-state index contributed by atoms with van der Waals surface area (Å²) < 4.78 is 5.45. The van der Waals surface area contributed by atoms with Crippen molar-refractivity contribution in [2.24, 2.45) is 5.92 Å². The Morgan fingerprint density at radius 1 is 1.04 bits per heavy atom. The lowest BCUT2D eigenvalue weighted by Gasteiger charge is -2.27. The Balaban J connectivity index is 1.67. The number of nitrogens with zero attached hydrogens (tertiary/aromatic N) is 1. The van der Waals surface area contributed by atoms with E-state index in [4.69, 9.17) is 4.74 Å². The van der Waals surface area contributed by atoms with Gasteiger partial charge in [0.25, 0.3) is 0 Å². The Hall–Kier alpha value is -2.17. The SMILES string of the molecule is CCC(C)C(C(=O)NCc1ccccc1CN1CCOCC1)c1ccccc1. The van der Waals surface area contributed by atoms with Gasteiger partial charge < -0.3 is 10.1 Å². The zero-order chi connectivity index (χ0) is 19.8. The molecule has 0 radical (unpaired) electrons. The standard InChI is InChI=1S/C24H32N2O2/c1-3-19(2)23(20-9-5-4-6-10-20)24(27)25-17-21-11-7-8-12-22(21)18-26-13-15-28-16-14-26/h4-12,19,23H,3,13-18H2,1-2H3,(H,25,27). The first kappa shape index (κ1) is 20.6. The first-order valence-electron chi connectivity index (χ1n) is 10.4. The van der Waals surface area contributed by atoms with Crippen LogP contribution in [0, 0.1) is 5.92 Å². The molecule has 2 aromatic carbocycles. The highest BCUT2D eigenvalue weighted by molar-refractivity contribution is 5.84. The monoisotopic (exact) mass is 380 g/mol. The maximum absolute atomic E-state index is 13.1. The zero-order valence-electron chi connectivity index (χ0n) is 17.1. The Bertz CT molecular complexity index is 741. The largest absolute Gasteiger partial charge is 0.379 e. The van der Waals surface area contributed by atoms with Gasteiger partial charge in [-0.1, -0.05) is 74.9 Å². The smallest absolute Gasteiger partial charge is 0.228 e. The minimum Gasteiger partial charge on any atom is -0.379 e.